The zero-order valence-corrected chi connectivity index (χ0v) is 20.5. The van der Waals surface area contributed by atoms with E-state index in [1.807, 2.05) is 26.0 Å². The van der Waals surface area contributed by atoms with Crippen LogP contribution in [-0.4, -0.2) is 43.6 Å². The van der Waals surface area contributed by atoms with Crippen molar-refractivity contribution in [3.05, 3.63) is 35.9 Å². The Labute approximate surface area is 193 Å². The summed E-state index contributed by atoms with van der Waals surface area (Å²) in [7, 11) is 3.21. The summed E-state index contributed by atoms with van der Waals surface area (Å²) in [6, 6.07) is 4.92. The molecule has 0 fully saturated rings. The van der Waals surface area contributed by atoms with Gasteiger partial charge in [-0.25, -0.2) is 0 Å². The second kappa shape index (κ2) is 14.5. The molecule has 1 aromatic rings. The van der Waals surface area contributed by atoms with Gasteiger partial charge in [0.15, 0.2) is 18.2 Å². The molecule has 1 rings (SSSR count). The van der Waals surface area contributed by atoms with E-state index < -0.39 is 6.04 Å². The number of carbonyl (C=O) groups is 2. The topological polar surface area (TPSA) is 93.9 Å². The van der Waals surface area contributed by atoms with Gasteiger partial charge in [0.25, 0.3) is 0 Å². The Hall–Kier alpha value is -2.54. The first-order valence-corrected chi connectivity index (χ1v) is 11.4. The van der Waals surface area contributed by atoms with Gasteiger partial charge < -0.3 is 25.4 Å². The van der Waals surface area contributed by atoms with Gasteiger partial charge in [-0.3, -0.25) is 9.59 Å². The molecule has 0 bridgehead atoms. The minimum absolute atomic E-state index is 0.0405. The Morgan fingerprint density at radius 1 is 1.16 bits per heavy atom. The van der Waals surface area contributed by atoms with Crippen LogP contribution in [0.3, 0.4) is 0 Å². The molecule has 1 aromatic carbocycles. The van der Waals surface area contributed by atoms with Crippen molar-refractivity contribution >= 4 is 11.8 Å². The van der Waals surface area contributed by atoms with Gasteiger partial charge in [-0.15, -0.1) is 0 Å². The number of hydrogen-bond donors (Lipinski definition) is 2. The van der Waals surface area contributed by atoms with E-state index in [0.29, 0.717) is 30.4 Å². The second-order valence-corrected chi connectivity index (χ2v) is 8.76. The van der Waals surface area contributed by atoms with Crippen LogP contribution in [0.15, 0.2) is 30.4 Å². The van der Waals surface area contributed by atoms with Crippen molar-refractivity contribution < 1.29 is 19.1 Å². The molecule has 0 aliphatic carbocycles. The molecular weight excluding hydrogens is 406 g/mol. The normalized spacial score (nSPS) is 12.3. The molecule has 7 nitrogen and oxygen atoms in total. The van der Waals surface area contributed by atoms with E-state index in [-0.39, 0.29) is 24.5 Å². The molecular formula is C25H41N3O4. The number of nitrogens with one attached hydrogen (secondary N) is 1. The van der Waals surface area contributed by atoms with Gasteiger partial charge >= 0.3 is 0 Å². The molecule has 0 saturated carbocycles. The minimum atomic E-state index is -0.562. The Bertz CT molecular complexity index is 747. The predicted molar refractivity (Wildman–Crippen MR) is 128 cm³/mol. The average Bonchev–Trinajstić information content (AvgIpc) is 2.77. The van der Waals surface area contributed by atoms with Crippen LogP contribution in [0.1, 0.15) is 58.9 Å². The van der Waals surface area contributed by atoms with Crippen molar-refractivity contribution in [2.45, 2.75) is 66.0 Å². The second-order valence-electron chi connectivity index (χ2n) is 8.76. The highest BCUT2D eigenvalue weighted by molar-refractivity contribution is 5.81. The Morgan fingerprint density at radius 2 is 1.88 bits per heavy atom. The quantitative estimate of drug-likeness (QED) is 0.257. The number of unbranched alkanes of at least 4 members (excludes halogenated alkanes) is 2. The van der Waals surface area contributed by atoms with Crippen LogP contribution in [0.25, 0.3) is 0 Å². The fraction of sp³-hybridized carbons (Fsp3) is 0.600. The van der Waals surface area contributed by atoms with E-state index in [4.69, 9.17) is 15.2 Å². The molecule has 3 N–H and O–H groups in total. The number of likely N-dealkylation sites (N-methyl/N-ethyl adjacent to an activating group) is 1. The van der Waals surface area contributed by atoms with E-state index in [1.54, 1.807) is 20.2 Å². The number of nitrogens with zero attached hydrogens (tertiary/aromatic N) is 1. The van der Waals surface area contributed by atoms with Crippen LogP contribution in [0.5, 0.6) is 11.5 Å². The lowest BCUT2D eigenvalue weighted by molar-refractivity contribution is -0.134. The van der Waals surface area contributed by atoms with E-state index in [9.17, 15) is 9.59 Å². The Morgan fingerprint density at radius 3 is 2.50 bits per heavy atom. The summed E-state index contributed by atoms with van der Waals surface area (Å²) in [4.78, 5) is 25.8. The van der Waals surface area contributed by atoms with Gasteiger partial charge in [0.1, 0.15) is 0 Å². The van der Waals surface area contributed by atoms with E-state index in [0.717, 1.165) is 24.8 Å². The van der Waals surface area contributed by atoms with Crippen molar-refractivity contribution in [2.75, 3.05) is 20.9 Å². The molecule has 0 aliphatic rings. The monoisotopic (exact) mass is 447 g/mol. The lowest BCUT2D eigenvalue weighted by Crippen LogP contribution is -2.46. The number of nitrogens with two attached hydrogens (primary N) is 1. The summed E-state index contributed by atoms with van der Waals surface area (Å²) in [5.41, 5.74) is 6.83. The van der Waals surface area contributed by atoms with Crippen molar-refractivity contribution in [1.82, 2.24) is 10.2 Å². The van der Waals surface area contributed by atoms with Gasteiger partial charge in [0, 0.05) is 20.0 Å². The highest BCUT2D eigenvalue weighted by atomic mass is 16.5. The van der Waals surface area contributed by atoms with Gasteiger partial charge in [0.2, 0.25) is 11.8 Å². The van der Waals surface area contributed by atoms with Crippen LogP contribution in [0.2, 0.25) is 0 Å². The molecule has 0 saturated heterocycles. The largest absolute Gasteiger partial charge is 0.493 e. The Kier molecular flexibility index (Phi) is 12.5. The molecule has 0 spiro atoms. The summed E-state index contributed by atoms with van der Waals surface area (Å²) >= 11 is 0. The van der Waals surface area contributed by atoms with E-state index >= 15 is 0 Å². The summed E-state index contributed by atoms with van der Waals surface area (Å²) < 4.78 is 11.2. The molecule has 0 aliphatic heterocycles. The van der Waals surface area contributed by atoms with Gasteiger partial charge in [-0.2, -0.15) is 0 Å². The SMILES string of the molecule is COc1cc(CNC(=O)CCCC/C=C/C(C)C)ccc1OCN(C)C(=O)[C@@H](N)C(C)C. The first-order valence-electron chi connectivity index (χ1n) is 11.4. The third kappa shape index (κ3) is 10.2. The number of amides is 2. The maximum Gasteiger partial charge on any atom is 0.242 e. The zero-order valence-electron chi connectivity index (χ0n) is 20.5. The number of methoxy groups -OCH3 is 1. The molecule has 0 unspecified atom stereocenters. The highest BCUT2D eigenvalue weighted by Gasteiger charge is 2.21. The summed E-state index contributed by atoms with van der Waals surface area (Å²) in [5.74, 6) is 1.56. The van der Waals surface area contributed by atoms with Crippen molar-refractivity contribution in [3.8, 4) is 11.5 Å². The third-order valence-corrected chi connectivity index (χ3v) is 5.06. The predicted octanol–water partition coefficient (Wildman–Crippen LogP) is 3.86. The highest BCUT2D eigenvalue weighted by Crippen LogP contribution is 2.28. The van der Waals surface area contributed by atoms with Gasteiger partial charge in [-0.1, -0.05) is 45.9 Å². The van der Waals surface area contributed by atoms with Crippen LogP contribution in [0.4, 0.5) is 0 Å². The number of hydrogen-bond acceptors (Lipinski definition) is 5. The van der Waals surface area contributed by atoms with Crippen molar-refractivity contribution in [1.29, 1.82) is 0 Å². The fourth-order valence-electron chi connectivity index (χ4n) is 2.92. The number of allylic oxidation sites excluding steroid dienone is 2. The zero-order chi connectivity index (χ0) is 24.1. The van der Waals surface area contributed by atoms with Gasteiger partial charge in [0.05, 0.1) is 13.2 Å². The van der Waals surface area contributed by atoms with E-state index in [1.165, 1.54) is 4.90 Å². The van der Waals surface area contributed by atoms with Crippen LogP contribution >= 0.6 is 0 Å². The van der Waals surface area contributed by atoms with Crippen LogP contribution < -0.4 is 20.5 Å². The average molecular weight is 448 g/mol. The maximum atomic E-state index is 12.3. The molecule has 32 heavy (non-hydrogen) atoms. The fourth-order valence-corrected chi connectivity index (χ4v) is 2.92. The number of benzene rings is 1. The minimum Gasteiger partial charge on any atom is -0.493 e. The first-order chi connectivity index (χ1) is 15.1. The van der Waals surface area contributed by atoms with Gasteiger partial charge in [-0.05, 0) is 48.8 Å². The molecule has 7 heteroatoms. The summed E-state index contributed by atoms with van der Waals surface area (Å²) in [6.45, 7) is 8.61. The van der Waals surface area contributed by atoms with Crippen molar-refractivity contribution in [2.24, 2.45) is 17.6 Å². The summed E-state index contributed by atoms with van der Waals surface area (Å²) in [5, 5.41) is 2.95. The first kappa shape index (κ1) is 27.5. The lowest BCUT2D eigenvalue weighted by Gasteiger charge is -2.24. The Balaban J connectivity index is 2.48. The molecule has 0 radical (unpaired) electrons. The number of ether oxygens (including phenoxy) is 2. The number of rotatable bonds is 14. The van der Waals surface area contributed by atoms with Crippen molar-refractivity contribution in [3.63, 3.8) is 0 Å². The standard InChI is InChI=1S/C25H41N3O4/c1-18(2)11-9-7-8-10-12-23(29)27-16-20-13-14-21(22(15-20)31-6)32-17-28(5)25(30)24(26)19(3)4/h9,11,13-15,18-19,24H,7-8,10,12,16-17,26H2,1-6H3,(H,27,29)/b11-9+/t24-/m0/s1. The molecule has 0 aromatic heterocycles. The summed E-state index contributed by atoms with van der Waals surface area (Å²) in [6.07, 6.45) is 7.79. The molecule has 2 amide bonds. The number of carbonyl (C=O) groups excluding carboxylic acids is 2. The lowest BCUT2D eigenvalue weighted by atomic mass is 10.0. The third-order valence-electron chi connectivity index (χ3n) is 5.06. The molecule has 0 heterocycles. The van der Waals surface area contributed by atoms with Crippen LogP contribution in [0, 0.1) is 11.8 Å². The maximum absolute atomic E-state index is 12.3. The smallest absolute Gasteiger partial charge is 0.242 e. The molecule has 1 atom stereocenters. The van der Waals surface area contributed by atoms with Crippen LogP contribution in [-0.2, 0) is 16.1 Å². The van der Waals surface area contributed by atoms with E-state index in [2.05, 4.69) is 31.3 Å². The molecule has 180 valence electrons.